The van der Waals surface area contributed by atoms with Crippen LogP contribution in [0.2, 0.25) is 0 Å². The molecule has 3 N–H and O–H groups in total. The number of ether oxygens (including phenoxy) is 1. The average molecular weight is 296 g/mol. The molecule has 2 unspecified atom stereocenters. The molecule has 9 heteroatoms. The molecule has 2 atom stereocenters. The molecule has 0 bridgehead atoms. The standard InChI is InChI=1S/C9H16N2O5S2/c1-9(18(14,15)11-2)5-4-7(16-3)6-8(9)17(10,12)13/h4-6,8,11H,1-3H3,(H2,10,12,13). The lowest BCUT2D eigenvalue weighted by Crippen LogP contribution is -2.54. The van der Waals surface area contributed by atoms with Crippen molar-refractivity contribution in [2.24, 2.45) is 5.14 Å². The van der Waals surface area contributed by atoms with Crippen LogP contribution in [-0.2, 0) is 24.8 Å². The van der Waals surface area contributed by atoms with Crippen molar-refractivity contribution >= 4 is 20.0 Å². The Kier molecular flexibility index (Phi) is 3.92. The van der Waals surface area contributed by atoms with E-state index in [4.69, 9.17) is 9.88 Å². The fraction of sp³-hybridized carbons (Fsp3) is 0.556. The molecule has 1 rings (SSSR count). The van der Waals surface area contributed by atoms with Crippen LogP contribution in [0.4, 0.5) is 0 Å². The average Bonchev–Trinajstić information content (AvgIpc) is 2.28. The molecule has 0 aliphatic heterocycles. The summed E-state index contributed by atoms with van der Waals surface area (Å²) in [4.78, 5) is 0. The van der Waals surface area contributed by atoms with Crippen molar-refractivity contribution < 1.29 is 21.6 Å². The third-order valence-corrected chi connectivity index (χ3v) is 6.46. The van der Waals surface area contributed by atoms with Crippen LogP contribution < -0.4 is 9.86 Å². The van der Waals surface area contributed by atoms with Gasteiger partial charge in [-0.3, -0.25) is 0 Å². The van der Waals surface area contributed by atoms with Crippen LogP contribution in [0.3, 0.4) is 0 Å². The summed E-state index contributed by atoms with van der Waals surface area (Å²) in [6.45, 7) is 1.29. The molecule has 0 heterocycles. The maximum absolute atomic E-state index is 12.0. The predicted octanol–water partition coefficient (Wildman–Crippen LogP) is -0.948. The molecule has 104 valence electrons. The van der Waals surface area contributed by atoms with Gasteiger partial charge in [-0.25, -0.2) is 26.7 Å². The fourth-order valence-electron chi connectivity index (χ4n) is 1.73. The minimum absolute atomic E-state index is 0.248. The molecule has 0 aromatic rings. The predicted molar refractivity (Wildman–Crippen MR) is 67.5 cm³/mol. The molecule has 0 saturated heterocycles. The van der Waals surface area contributed by atoms with Crippen LogP contribution in [0.5, 0.6) is 0 Å². The van der Waals surface area contributed by atoms with Crippen molar-refractivity contribution in [2.75, 3.05) is 14.2 Å². The van der Waals surface area contributed by atoms with Crippen LogP contribution in [-0.4, -0.2) is 41.0 Å². The first-order valence-corrected chi connectivity index (χ1v) is 8.07. The van der Waals surface area contributed by atoms with E-state index >= 15 is 0 Å². The third kappa shape index (κ3) is 2.44. The number of sulfonamides is 2. The minimum atomic E-state index is -4.10. The van der Waals surface area contributed by atoms with Crippen molar-refractivity contribution in [1.29, 1.82) is 0 Å². The van der Waals surface area contributed by atoms with E-state index in [0.29, 0.717) is 0 Å². The second-order valence-corrected chi connectivity index (χ2v) is 7.99. The third-order valence-electron chi connectivity index (χ3n) is 2.90. The van der Waals surface area contributed by atoms with Crippen LogP contribution in [0.25, 0.3) is 0 Å². The van der Waals surface area contributed by atoms with Gasteiger partial charge in [-0.15, -0.1) is 0 Å². The van der Waals surface area contributed by atoms with Crippen molar-refractivity contribution in [3.05, 3.63) is 24.0 Å². The highest BCUT2D eigenvalue weighted by Crippen LogP contribution is 2.32. The zero-order valence-electron chi connectivity index (χ0n) is 10.2. The first kappa shape index (κ1) is 15.2. The summed E-state index contributed by atoms with van der Waals surface area (Å²) in [6.07, 6.45) is 3.84. The SMILES string of the molecule is CNS(=O)(=O)C1(C)C=CC(OC)=CC1S(N)(=O)=O. The number of hydrogen-bond donors (Lipinski definition) is 2. The summed E-state index contributed by atoms with van der Waals surface area (Å²) in [5, 5.41) is 3.69. The lowest BCUT2D eigenvalue weighted by molar-refractivity contribution is 0.302. The fourth-order valence-corrected chi connectivity index (χ4v) is 4.63. The van der Waals surface area contributed by atoms with Gasteiger partial charge in [0.1, 0.15) is 15.8 Å². The van der Waals surface area contributed by atoms with Crippen LogP contribution in [0, 0.1) is 0 Å². The number of nitrogens with two attached hydrogens (primary N) is 1. The molecule has 0 aromatic heterocycles. The molecular formula is C9H16N2O5S2. The van der Waals surface area contributed by atoms with Crippen LogP contribution >= 0.6 is 0 Å². The number of allylic oxidation sites excluding steroid dienone is 1. The molecular weight excluding hydrogens is 280 g/mol. The number of nitrogens with one attached hydrogen (secondary N) is 1. The monoisotopic (exact) mass is 296 g/mol. The second-order valence-electron chi connectivity index (χ2n) is 4.01. The summed E-state index contributed by atoms with van der Waals surface area (Å²) in [5.41, 5.74) is 0. The van der Waals surface area contributed by atoms with Gasteiger partial charge in [0, 0.05) is 0 Å². The van der Waals surface area contributed by atoms with Gasteiger partial charge in [-0.1, -0.05) is 6.08 Å². The van der Waals surface area contributed by atoms with Gasteiger partial charge < -0.3 is 4.74 Å². The molecule has 1 aliphatic rings. The Balaban J connectivity index is 3.48. The summed E-state index contributed by atoms with van der Waals surface area (Å²) < 4.78 is 52.4. The van der Waals surface area contributed by atoms with E-state index in [1.54, 1.807) is 0 Å². The van der Waals surface area contributed by atoms with E-state index in [2.05, 4.69) is 4.72 Å². The van der Waals surface area contributed by atoms with Gasteiger partial charge in [0.25, 0.3) is 0 Å². The van der Waals surface area contributed by atoms with E-state index in [9.17, 15) is 16.8 Å². The minimum Gasteiger partial charge on any atom is -0.497 e. The van der Waals surface area contributed by atoms with Gasteiger partial charge in [-0.2, -0.15) is 0 Å². The Labute approximate surface area is 107 Å². The maximum Gasteiger partial charge on any atom is 0.222 e. The number of methoxy groups -OCH3 is 1. The topological polar surface area (TPSA) is 116 Å². The molecule has 0 aromatic carbocycles. The Bertz CT molecular complexity index is 590. The van der Waals surface area contributed by atoms with Crippen molar-refractivity contribution in [1.82, 2.24) is 4.72 Å². The van der Waals surface area contributed by atoms with E-state index in [0.717, 1.165) is 0 Å². The van der Waals surface area contributed by atoms with E-state index in [1.807, 2.05) is 0 Å². The van der Waals surface area contributed by atoms with Gasteiger partial charge in [-0.05, 0) is 26.1 Å². The first-order chi connectivity index (χ1) is 8.08. The zero-order chi connectivity index (χ0) is 14.2. The largest absolute Gasteiger partial charge is 0.497 e. The van der Waals surface area contributed by atoms with Crippen molar-refractivity contribution in [3.8, 4) is 0 Å². The highest BCUT2D eigenvalue weighted by atomic mass is 32.2. The lowest BCUT2D eigenvalue weighted by atomic mass is 10.0. The molecule has 0 saturated carbocycles. The maximum atomic E-state index is 12.0. The first-order valence-electron chi connectivity index (χ1n) is 4.98. The van der Waals surface area contributed by atoms with Crippen LogP contribution in [0.1, 0.15) is 6.92 Å². The van der Waals surface area contributed by atoms with Crippen molar-refractivity contribution in [3.63, 3.8) is 0 Å². The van der Waals surface area contributed by atoms with E-state index in [-0.39, 0.29) is 5.76 Å². The second kappa shape index (κ2) is 4.65. The zero-order valence-corrected chi connectivity index (χ0v) is 11.9. The Hall–Kier alpha value is -0.900. The molecule has 0 amide bonds. The Morgan fingerprint density at radius 3 is 2.33 bits per heavy atom. The van der Waals surface area contributed by atoms with Gasteiger partial charge in [0.2, 0.25) is 20.0 Å². The Morgan fingerprint density at radius 1 is 1.39 bits per heavy atom. The highest BCUT2D eigenvalue weighted by Gasteiger charge is 2.49. The number of rotatable bonds is 4. The smallest absolute Gasteiger partial charge is 0.222 e. The quantitative estimate of drug-likeness (QED) is 0.694. The summed E-state index contributed by atoms with van der Waals surface area (Å²) in [7, 11) is -5.41. The summed E-state index contributed by atoms with van der Waals surface area (Å²) in [6, 6.07) is 0. The molecule has 18 heavy (non-hydrogen) atoms. The molecule has 1 aliphatic carbocycles. The van der Waals surface area contributed by atoms with E-state index in [1.165, 1.54) is 39.3 Å². The van der Waals surface area contributed by atoms with Gasteiger partial charge >= 0.3 is 0 Å². The lowest BCUT2D eigenvalue weighted by Gasteiger charge is -2.33. The van der Waals surface area contributed by atoms with Gasteiger partial charge in [0.15, 0.2) is 0 Å². The van der Waals surface area contributed by atoms with E-state index < -0.39 is 30.0 Å². The highest BCUT2D eigenvalue weighted by molar-refractivity contribution is 7.94. The normalized spacial score (nSPS) is 28.9. The molecule has 7 nitrogen and oxygen atoms in total. The molecule has 0 radical (unpaired) electrons. The number of hydrogen-bond acceptors (Lipinski definition) is 5. The van der Waals surface area contributed by atoms with Crippen LogP contribution in [0.15, 0.2) is 24.0 Å². The van der Waals surface area contributed by atoms with Crippen molar-refractivity contribution in [2.45, 2.75) is 16.9 Å². The summed E-state index contributed by atoms with van der Waals surface area (Å²) >= 11 is 0. The Morgan fingerprint density at radius 2 is 1.94 bits per heavy atom. The molecule has 0 fully saturated rings. The van der Waals surface area contributed by atoms with Gasteiger partial charge in [0.05, 0.1) is 7.11 Å². The molecule has 0 spiro atoms. The number of primary sulfonamides is 1. The summed E-state index contributed by atoms with van der Waals surface area (Å²) in [5.74, 6) is 0.248.